The maximum absolute atomic E-state index is 5.49. The summed E-state index contributed by atoms with van der Waals surface area (Å²) >= 11 is 3.32. The maximum atomic E-state index is 5.49. The normalized spacial score (nSPS) is 10.7. The van der Waals surface area contributed by atoms with E-state index in [1.54, 1.807) is 0 Å². The Bertz CT molecular complexity index is 439. The molecule has 4 heteroatoms. The fraction of sp³-hybridized carbons (Fsp3) is 0.300. The number of aromatic nitrogens is 2. The van der Waals surface area contributed by atoms with E-state index in [2.05, 4.69) is 21.0 Å². The van der Waals surface area contributed by atoms with Gasteiger partial charge >= 0.3 is 0 Å². The molecule has 0 N–H and O–H groups in total. The summed E-state index contributed by atoms with van der Waals surface area (Å²) in [6, 6.07) is 5.99. The Balaban J connectivity index is 2.32. The summed E-state index contributed by atoms with van der Waals surface area (Å²) in [6.07, 6.45) is 1.84. The van der Waals surface area contributed by atoms with Crippen molar-refractivity contribution in [2.75, 3.05) is 11.9 Å². The van der Waals surface area contributed by atoms with Crippen LogP contribution in [0.3, 0.4) is 0 Å². The van der Waals surface area contributed by atoms with Gasteiger partial charge in [0, 0.05) is 17.8 Å². The Morgan fingerprint density at radius 3 is 3.14 bits per heavy atom. The van der Waals surface area contributed by atoms with Gasteiger partial charge in [0.25, 0.3) is 0 Å². The smallest absolute Gasteiger partial charge is 0.120 e. The first kappa shape index (κ1) is 9.52. The summed E-state index contributed by atoms with van der Waals surface area (Å²) in [7, 11) is 1.93. The molecule has 0 unspecified atom stereocenters. The van der Waals surface area contributed by atoms with E-state index >= 15 is 0 Å². The molecule has 2 rings (SSSR count). The molecule has 0 saturated heterocycles. The molecule has 1 aromatic heterocycles. The van der Waals surface area contributed by atoms with Gasteiger partial charge in [-0.3, -0.25) is 4.68 Å². The maximum Gasteiger partial charge on any atom is 0.120 e. The molecule has 0 aliphatic heterocycles. The predicted octanol–water partition coefficient (Wildman–Crippen LogP) is 2.35. The summed E-state index contributed by atoms with van der Waals surface area (Å²) in [4.78, 5) is 0. The number of aryl methyl sites for hydroxylation is 1. The largest absolute Gasteiger partial charge is 0.493 e. The molecule has 0 bridgehead atoms. The van der Waals surface area contributed by atoms with Crippen molar-refractivity contribution in [1.29, 1.82) is 0 Å². The monoisotopic (exact) mass is 254 g/mol. The van der Waals surface area contributed by atoms with E-state index in [9.17, 15) is 0 Å². The van der Waals surface area contributed by atoms with Crippen LogP contribution in [0.25, 0.3) is 10.9 Å². The highest BCUT2D eigenvalue weighted by Gasteiger charge is 2.00. The van der Waals surface area contributed by atoms with Crippen LogP contribution >= 0.6 is 15.9 Å². The molecule has 0 aliphatic carbocycles. The number of nitrogens with zero attached hydrogens (tertiary/aromatic N) is 2. The minimum Gasteiger partial charge on any atom is -0.493 e. The fourth-order valence-electron chi connectivity index (χ4n) is 1.39. The lowest BCUT2D eigenvalue weighted by Crippen LogP contribution is -1.97. The lowest BCUT2D eigenvalue weighted by atomic mass is 10.2. The Morgan fingerprint density at radius 2 is 2.36 bits per heavy atom. The van der Waals surface area contributed by atoms with E-state index in [0.29, 0.717) is 6.61 Å². The van der Waals surface area contributed by atoms with Crippen molar-refractivity contribution in [1.82, 2.24) is 9.78 Å². The summed E-state index contributed by atoms with van der Waals surface area (Å²) in [5, 5.41) is 6.13. The van der Waals surface area contributed by atoms with Crippen molar-refractivity contribution in [2.45, 2.75) is 0 Å². The quantitative estimate of drug-likeness (QED) is 0.787. The lowest BCUT2D eigenvalue weighted by Gasteiger charge is -2.03. The Hall–Kier alpha value is -1.03. The van der Waals surface area contributed by atoms with Crippen LogP contribution in [0.2, 0.25) is 0 Å². The highest BCUT2D eigenvalue weighted by Crippen LogP contribution is 2.19. The lowest BCUT2D eigenvalue weighted by molar-refractivity contribution is 0.345. The number of halogens is 1. The highest BCUT2D eigenvalue weighted by molar-refractivity contribution is 9.09. The molecule has 3 nitrogen and oxygen atoms in total. The van der Waals surface area contributed by atoms with Gasteiger partial charge in [-0.05, 0) is 18.2 Å². The van der Waals surface area contributed by atoms with E-state index in [1.165, 1.54) is 0 Å². The minimum atomic E-state index is 0.686. The van der Waals surface area contributed by atoms with Crippen molar-refractivity contribution in [3.05, 3.63) is 24.4 Å². The van der Waals surface area contributed by atoms with Gasteiger partial charge in [-0.1, -0.05) is 15.9 Å². The van der Waals surface area contributed by atoms with Crippen molar-refractivity contribution in [3.8, 4) is 5.75 Å². The second kappa shape index (κ2) is 4.00. The van der Waals surface area contributed by atoms with E-state index in [1.807, 2.05) is 36.1 Å². The van der Waals surface area contributed by atoms with Crippen LogP contribution in [-0.4, -0.2) is 21.7 Å². The van der Waals surface area contributed by atoms with Crippen molar-refractivity contribution in [2.24, 2.45) is 7.05 Å². The van der Waals surface area contributed by atoms with Gasteiger partial charge in [0.1, 0.15) is 5.75 Å². The number of fused-ring (bicyclic) bond motifs is 1. The van der Waals surface area contributed by atoms with Crippen LogP contribution in [0.1, 0.15) is 0 Å². The average Bonchev–Trinajstić information content (AvgIpc) is 2.57. The second-order valence-corrected chi connectivity index (χ2v) is 3.82. The zero-order valence-electron chi connectivity index (χ0n) is 7.90. The first-order valence-electron chi connectivity index (χ1n) is 4.42. The standard InChI is InChI=1S/C10H11BrN2O/c1-13-10-3-2-9(14-5-4-11)6-8(10)7-12-13/h2-3,6-7H,4-5H2,1H3. The molecule has 0 atom stereocenters. The first-order chi connectivity index (χ1) is 6.81. The zero-order chi connectivity index (χ0) is 9.97. The van der Waals surface area contributed by atoms with Gasteiger partial charge in [0.05, 0.1) is 18.3 Å². The van der Waals surface area contributed by atoms with Crippen LogP contribution < -0.4 is 4.74 Å². The Labute approximate surface area is 90.8 Å². The third-order valence-electron chi connectivity index (χ3n) is 2.06. The molecule has 0 fully saturated rings. The molecular formula is C10H11BrN2O. The molecule has 0 aliphatic rings. The van der Waals surface area contributed by atoms with E-state index in [0.717, 1.165) is 22.0 Å². The molecule has 0 saturated carbocycles. The van der Waals surface area contributed by atoms with Gasteiger partial charge in [-0.15, -0.1) is 0 Å². The van der Waals surface area contributed by atoms with Crippen LogP contribution in [0.5, 0.6) is 5.75 Å². The SMILES string of the molecule is Cn1ncc2cc(OCCBr)ccc21. The first-order valence-corrected chi connectivity index (χ1v) is 5.54. The molecule has 14 heavy (non-hydrogen) atoms. The minimum absolute atomic E-state index is 0.686. The van der Waals surface area contributed by atoms with E-state index in [-0.39, 0.29) is 0 Å². The molecule has 0 radical (unpaired) electrons. The average molecular weight is 255 g/mol. The molecule has 1 aromatic carbocycles. The number of hydrogen-bond donors (Lipinski definition) is 0. The van der Waals surface area contributed by atoms with Gasteiger partial charge in [-0.2, -0.15) is 5.10 Å². The third kappa shape index (κ3) is 1.75. The number of rotatable bonds is 3. The fourth-order valence-corrected chi connectivity index (χ4v) is 1.55. The van der Waals surface area contributed by atoms with Crippen LogP contribution in [0.15, 0.2) is 24.4 Å². The molecule has 0 spiro atoms. The van der Waals surface area contributed by atoms with Gasteiger partial charge in [-0.25, -0.2) is 0 Å². The van der Waals surface area contributed by atoms with Crippen LogP contribution in [0, 0.1) is 0 Å². The van der Waals surface area contributed by atoms with Crippen LogP contribution in [0.4, 0.5) is 0 Å². The molecule has 2 aromatic rings. The number of hydrogen-bond acceptors (Lipinski definition) is 2. The molecule has 74 valence electrons. The number of benzene rings is 1. The van der Waals surface area contributed by atoms with Crippen molar-refractivity contribution < 1.29 is 4.74 Å². The second-order valence-electron chi connectivity index (χ2n) is 3.03. The zero-order valence-corrected chi connectivity index (χ0v) is 9.49. The summed E-state index contributed by atoms with van der Waals surface area (Å²) < 4.78 is 7.34. The summed E-state index contributed by atoms with van der Waals surface area (Å²) in [5.74, 6) is 0.893. The highest BCUT2D eigenvalue weighted by atomic mass is 79.9. The summed E-state index contributed by atoms with van der Waals surface area (Å²) in [6.45, 7) is 0.686. The third-order valence-corrected chi connectivity index (χ3v) is 2.39. The van der Waals surface area contributed by atoms with Crippen molar-refractivity contribution in [3.63, 3.8) is 0 Å². The Morgan fingerprint density at radius 1 is 1.50 bits per heavy atom. The van der Waals surface area contributed by atoms with E-state index in [4.69, 9.17) is 4.74 Å². The summed E-state index contributed by atoms with van der Waals surface area (Å²) in [5.41, 5.74) is 1.12. The number of ether oxygens (including phenoxy) is 1. The van der Waals surface area contributed by atoms with Gasteiger partial charge in [0.2, 0.25) is 0 Å². The van der Waals surface area contributed by atoms with E-state index < -0.39 is 0 Å². The van der Waals surface area contributed by atoms with Gasteiger partial charge in [0.15, 0.2) is 0 Å². The topological polar surface area (TPSA) is 27.1 Å². The molecule has 0 amide bonds. The molecule has 1 heterocycles. The van der Waals surface area contributed by atoms with Gasteiger partial charge < -0.3 is 4.74 Å². The van der Waals surface area contributed by atoms with Crippen LogP contribution in [-0.2, 0) is 7.05 Å². The number of alkyl halides is 1. The predicted molar refractivity (Wildman–Crippen MR) is 60.0 cm³/mol. The Kier molecular flexibility index (Phi) is 2.72. The van der Waals surface area contributed by atoms with Crippen molar-refractivity contribution >= 4 is 26.8 Å². The molecular weight excluding hydrogens is 244 g/mol.